The molecule has 3 heterocycles. The summed E-state index contributed by atoms with van der Waals surface area (Å²) < 4.78 is 36.0. The van der Waals surface area contributed by atoms with E-state index < -0.39 is 71.8 Å². The Morgan fingerprint density at radius 1 is 0.985 bits per heavy atom. The molecule has 1 saturated carbocycles. The number of cyclic esters (lactones) is 1. The van der Waals surface area contributed by atoms with Crippen LogP contribution in [0.5, 0.6) is 0 Å². The van der Waals surface area contributed by atoms with Crippen LogP contribution in [0.1, 0.15) is 120 Å². The van der Waals surface area contributed by atoms with Gasteiger partial charge >= 0.3 is 5.97 Å². The van der Waals surface area contributed by atoms with E-state index in [4.69, 9.17) is 28.4 Å². The van der Waals surface area contributed by atoms with Crippen LogP contribution in [0, 0.1) is 35.0 Å². The fourth-order valence-electron chi connectivity index (χ4n) is 9.84. The number of piperidine rings is 1. The first-order chi connectivity index (χ1) is 30.3. The number of primary amides is 1. The lowest BCUT2D eigenvalue weighted by Gasteiger charge is -2.47. The summed E-state index contributed by atoms with van der Waals surface area (Å²) in [7, 11) is 4.71. The number of Topliss-reactive ketones (excluding diaryl/α,β-unsaturated/α-hetero) is 1. The van der Waals surface area contributed by atoms with Crippen molar-refractivity contribution in [2.75, 3.05) is 41.1 Å². The maximum atomic E-state index is 14.4. The fourth-order valence-corrected chi connectivity index (χ4v) is 9.84. The van der Waals surface area contributed by atoms with Crippen molar-refractivity contribution in [3.8, 4) is 0 Å². The van der Waals surface area contributed by atoms with Gasteiger partial charge in [0.25, 0.3) is 11.7 Å². The Bertz CT molecular complexity index is 1630. The van der Waals surface area contributed by atoms with Gasteiger partial charge in [0.1, 0.15) is 18.2 Å². The lowest BCUT2D eigenvalue weighted by atomic mass is 9.81. The normalized spacial score (nSPS) is 36.9. The predicted octanol–water partition coefficient (Wildman–Crippen LogP) is 5.23. The number of allylic oxidation sites excluding steroid dienone is 4. The number of carbonyl (C=O) groups excluding carboxylic acids is 4. The Morgan fingerprint density at radius 2 is 1.62 bits per heavy atom. The lowest BCUT2D eigenvalue weighted by Crippen LogP contribution is -2.64. The number of rotatable bonds is 10. The highest BCUT2D eigenvalue weighted by atomic mass is 16.7. The summed E-state index contributed by atoms with van der Waals surface area (Å²) >= 11 is 0. The third kappa shape index (κ3) is 15.9. The summed E-state index contributed by atoms with van der Waals surface area (Å²) in [5, 5.41) is 42.4. The highest BCUT2D eigenvalue weighted by Gasteiger charge is 2.56. The second-order valence-corrected chi connectivity index (χ2v) is 18.5. The molecular formula is C49H83N3O13. The SMILES string of the molecule is C.C=CC[C@@H]1/C=C(\C)C[C@H](C)C[C@H](OC)[C@H]2O[C@@](O)(C(=O)C(=O)N3CCCC[C@H]3C(=O)O[C@H](/C(C)=C/[C@@H]3CC[C@@H](OCCO)[C@H](OC)C3)[C@H](C)[C@@H](O)CC1=N)[C@H](C)C[C@@H]2OC.CC(N)=O. The smallest absolute Gasteiger partial charge is 0.329 e. The number of amides is 2. The van der Waals surface area contributed by atoms with E-state index in [1.807, 2.05) is 13.8 Å². The van der Waals surface area contributed by atoms with E-state index in [0.717, 1.165) is 12.0 Å². The molecule has 16 nitrogen and oxygen atoms in total. The number of carbonyl (C=O) groups is 4. The van der Waals surface area contributed by atoms with Crippen molar-refractivity contribution in [2.24, 2.45) is 35.3 Å². The number of nitrogens with two attached hydrogens (primary N) is 1. The zero-order valence-corrected chi connectivity index (χ0v) is 39.8. The van der Waals surface area contributed by atoms with Gasteiger partial charge in [-0.1, -0.05) is 52.0 Å². The third-order valence-electron chi connectivity index (χ3n) is 13.3. The monoisotopic (exact) mass is 922 g/mol. The van der Waals surface area contributed by atoms with Crippen LogP contribution in [0.15, 0.2) is 36.0 Å². The average molecular weight is 922 g/mol. The van der Waals surface area contributed by atoms with E-state index >= 15 is 0 Å². The number of hydrogen-bond donors (Lipinski definition) is 5. The van der Waals surface area contributed by atoms with Gasteiger partial charge in [0.15, 0.2) is 0 Å². The number of esters is 1. The van der Waals surface area contributed by atoms with Crippen molar-refractivity contribution in [2.45, 2.75) is 174 Å². The van der Waals surface area contributed by atoms with Crippen molar-refractivity contribution in [3.05, 3.63) is 36.0 Å². The predicted molar refractivity (Wildman–Crippen MR) is 248 cm³/mol. The van der Waals surface area contributed by atoms with E-state index in [1.165, 1.54) is 18.9 Å². The third-order valence-corrected chi connectivity index (χ3v) is 13.3. The second kappa shape index (κ2) is 27.5. The molecule has 0 radical (unpaired) electrons. The molecule has 6 N–H and O–H groups in total. The van der Waals surface area contributed by atoms with Crippen LogP contribution in [0.25, 0.3) is 0 Å². The summed E-state index contributed by atoms with van der Waals surface area (Å²) in [6, 6.07) is -1.12. The van der Waals surface area contributed by atoms with E-state index in [0.29, 0.717) is 56.2 Å². The van der Waals surface area contributed by atoms with Gasteiger partial charge in [-0.2, -0.15) is 0 Å². The van der Waals surface area contributed by atoms with E-state index in [1.54, 1.807) is 34.1 Å². The topological polar surface area (TPSA) is 237 Å². The number of aliphatic hydroxyl groups is 3. The van der Waals surface area contributed by atoms with Crippen molar-refractivity contribution in [3.63, 3.8) is 0 Å². The number of fused-ring (bicyclic) bond motifs is 3. The van der Waals surface area contributed by atoms with Crippen molar-refractivity contribution >= 4 is 29.3 Å². The molecule has 2 saturated heterocycles. The Balaban J connectivity index is 0.00000278. The zero-order valence-electron chi connectivity index (χ0n) is 39.8. The summed E-state index contributed by atoms with van der Waals surface area (Å²) in [5.74, 6) is -7.47. The molecule has 14 atom stereocenters. The molecule has 4 aliphatic rings. The van der Waals surface area contributed by atoms with Gasteiger partial charge in [0.2, 0.25) is 11.7 Å². The summed E-state index contributed by atoms with van der Waals surface area (Å²) in [4.78, 5) is 53.4. The molecule has 3 fully saturated rings. The molecule has 0 aromatic carbocycles. The maximum Gasteiger partial charge on any atom is 0.329 e. The average Bonchev–Trinajstić information content (AvgIpc) is 3.25. The van der Waals surface area contributed by atoms with Gasteiger partial charge in [0, 0.05) is 64.7 Å². The van der Waals surface area contributed by atoms with Gasteiger partial charge in [-0.25, -0.2) is 4.79 Å². The molecule has 3 aliphatic heterocycles. The first-order valence-electron chi connectivity index (χ1n) is 23.0. The molecule has 0 aromatic rings. The zero-order chi connectivity index (χ0) is 47.9. The molecule has 0 aromatic heterocycles. The van der Waals surface area contributed by atoms with Crippen LogP contribution in [0.3, 0.4) is 0 Å². The molecule has 0 spiro atoms. The van der Waals surface area contributed by atoms with Crippen molar-refractivity contribution in [1.82, 2.24) is 4.90 Å². The summed E-state index contributed by atoms with van der Waals surface area (Å²) in [5.41, 5.74) is 6.54. The van der Waals surface area contributed by atoms with E-state index in [-0.39, 0.29) is 82.3 Å². The van der Waals surface area contributed by atoms with Crippen LogP contribution in [-0.4, -0.2) is 145 Å². The van der Waals surface area contributed by atoms with Crippen LogP contribution in [-0.2, 0) is 47.6 Å². The van der Waals surface area contributed by atoms with Gasteiger partial charge < -0.3 is 59.8 Å². The van der Waals surface area contributed by atoms with Crippen molar-refractivity contribution < 1.29 is 62.9 Å². The maximum absolute atomic E-state index is 14.4. The largest absolute Gasteiger partial charge is 0.456 e. The Morgan fingerprint density at radius 3 is 2.22 bits per heavy atom. The van der Waals surface area contributed by atoms with Gasteiger partial charge in [-0.15, -0.1) is 6.58 Å². The molecule has 1 aliphatic carbocycles. The minimum absolute atomic E-state index is 0. The summed E-state index contributed by atoms with van der Waals surface area (Å²) in [6.07, 6.45) is 6.82. The number of methoxy groups -OCH3 is 3. The number of nitrogens with zero attached hydrogens (tertiary/aromatic N) is 1. The van der Waals surface area contributed by atoms with Crippen LogP contribution < -0.4 is 5.73 Å². The second-order valence-electron chi connectivity index (χ2n) is 18.5. The summed E-state index contributed by atoms with van der Waals surface area (Å²) in [6.45, 7) is 14.9. The quantitative estimate of drug-likeness (QED) is 0.107. The molecule has 372 valence electrons. The molecule has 16 heteroatoms. The number of hydrogen-bond acceptors (Lipinski definition) is 14. The first kappa shape index (κ1) is 57.8. The Hall–Kier alpha value is -3.35. The molecule has 65 heavy (non-hydrogen) atoms. The number of aliphatic hydroxyl groups excluding tert-OH is 2. The fraction of sp³-hybridized carbons (Fsp3) is 0.776. The Labute approximate surface area is 388 Å². The lowest BCUT2D eigenvalue weighted by molar-refractivity contribution is -0.302. The molecular weight excluding hydrogens is 839 g/mol. The van der Waals surface area contributed by atoms with Gasteiger partial charge in [-0.3, -0.25) is 14.4 Å². The highest BCUT2D eigenvalue weighted by Crippen LogP contribution is 2.39. The molecule has 2 bridgehead atoms. The van der Waals surface area contributed by atoms with Crippen LogP contribution >= 0.6 is 0 Å². The molecule has 0 unspecified atom stereocenters. The first-order valence-corrected chi connectivity index (χ1v) is 23.0. The van der Waals surface area contributed by atoms with Gasteiger partial charge in [0.05, 0.1) is 43.7 Å². The molecule has 2 amide bonds. The number of ketones is 1. The minimum atomic E-state index is -2.50. The van der Waals surface area contributed by atoms with Crippen LogP contribution in [0.4, 0.5) is 0 Å². The molecule has 4 rings (SSSR count). The highest BCUT2D eigenvalue weighted by molar-refractivity contribution is 6.39. The number of nitrogens with one attached hydrogen (secondary N) is 1. The minimum Gasteiger partial charge on any atom is -0.456 e. The van der Waals surface area contributed by atoms with Crippen LogP contribution in [0.2, 0.25) is 0 Å². The van der Waals surface area contributed by atoms with E-state index in [2.05, 4.69) is 31.4 Å². The van der Waals surface area contributed by atoms with Crippen molar-refractivity contribution in [1.29, 1.82) is 5.41 Å². The van der Waals surface area contributed by atoms with Gasteiger partial charge in [-0.05, 0) is 95.5 Å². The van der Waals surface area contributed by atoms with E-state index in [9.17, 15) is 39.9 Å². The standard InChI is InChI=1S/C46H74N2O12.C2H5NO.CH4/c1-10-13-33-21-27(2)20-28(3)22-39(56-8)42-40(57-9)24-30(5)46(54,60-42)43(51)44(52)48-17-12-11-14-35(48)45(53)59-41(31(6)36(50)26-34(33)47)29(4)23-32-15-16-37(58-19-18-49)38(25-32)55-7;1-2(3)4;/h10,21,23,28,30-33,35-42,47,49-50,54H,1,11-20,22,24-26H2,2-9H3;1H3,(H2,3,4);1H4/b27-21+,29-23+,47-34?;;/t28-,30+,31+,32-,33+,35-,36-,37+,38+,39-,40-,41+,42+,46+;;/m0../s1. The number of ether oxygens (including phenoxy) is 6. The Kier molecular flexibility index (Phi) is 24.4.